The van der Waals surface area contributed by atoms with Gasteiger partial charge in [0.2, 0.25) is 0 Å². The van der Waals surface area contributed by atoms with Gasteiger partial charge in [-0.25, -0.2) is 4.79 Å². The summed E-state index contributed by atoms with van der Waals surface area (Å²) in [6, 6.07) is 6.56. The first kappa shape index (κ1) is 15.9. The number of hydrogen-bond acceptors (Lipinski definition) is 6. The van der Waals surface area contributed by atoms with Crippen molar-refractivity contribution in [3.8, 4) is 0 Å². The summed E-state index contributed by atoms with van der Waals surface area (Å²) in [7, 11) is 0. The molecule has 0 unspecified atom stereocenters. The van der Waals surface area contributed by atoms with E-state index in [2.05, 4.69) is 5.32 Å². The summed E-state index contributed by atoms with van der Waals surface area (Å²) < 4.78 is 4.92. The first-order valence-corrected chi connectivity index (χ1v) is 6.03. The van der Waals surface area contributed by atoms with Crippen LogP contribution in [0.25, 0.3) is 0 Å². The van der Waals surface area contributed by atoms with Crippen LogP contribution in [0.5, 0.6) is 0 Å². The van der Waals surface area contributed by atoms with E-state index in [-0.39, 0.29) is 6.61 Å². The molecule has 1 amide bonds. The van der Waals surface area contributed by atoms with Gasteiger partial charge in [0.05, 0.1) is 24.2 Å². The molecule has 0 bridgehead atoms. The van der Waals surface area contributed by atoms with Gasteiger partial charge in [0, 0.05) is 0 Å². The van der Waals surface area contributed by atoms with E-state index in [1.165, 1.54) is 6.92 Å². The third kappa shape index (κ3) is 4.87. The van der Waals surface area contributed by atoms with Gasteiger partial charge >= 0.3 is 6.09 Å². The number of amides is 1. The molecule has 0 aliphatic heterocycles. The Morgan fingerprint density at radius 1 is 1.40 bits per heavy atom. The predicted octanol–water partition coefficient (Wildman–Crippen LogP) is -1.26. The Balaban J connectivity index is 2.40. The van der Waals surface area contributed by atoms with Gasteiger partial charge in [0.1, 0.15) is 6.61 Å². The van der Waals surface area contributed by atoms with Crippen molar-refractivity contribution in [1.29, 1.82) is 0 Å². The van der Waals surface area contributed by atoms with Crippen LogP contribution < -0.4 is 16.2 Å². The fraction of sp³-hybridized carbons (Fsp3) is 0.385. The fourth-order valence-electron chi connectivity index (χ4n) is 1.49. The number of aliphatic carboxylic acids is 1. The number of carboxylic acid groups (broad SMARTS) is 1. The van der Waals surface area contributed by atoms with Gasteiger partial charge in [0.15, 0.2) is 0 Å². The SMILES string of the molecule is C[C@H](NC(=O)OCc1ccccc1)[C@@H](O)[C@@H](N)C(=O)[O-]. The van der Waals surface area contributed by atoms with Gasteiger partial charge in [-0.1, -0.05) is 30.3 Å². The second-order valence-corrected chi connectivity index (χ2v) is 4.33. The van der Waals surface area contributed by atoms with Gasteiger partial charge in [-0.3, -0.25) is 0 Å². The highest BCUT2D eigenvalue weighted by molar-refractivity contribution is 5.72. The summed E-state index contributed by atoms with van der Waals surface area (Å²) in [4.78, 5) is 22.0. The molecule has 0 heterocycles. The quantitative estimate of drug-likeness (QED) is 0.597. The lowest BCUT2D eigenvalue weighted by Gasteiger charge is -2.25. The van der Waals surface area contributed by atoms with Gasteiger partial charge in [0.25, 0.3) is 0 Å². The number of aliphatic hydroxyl groups excluding tert-OH is 1. The summed E-state index contributed by atoms with van der Waals surface area (Å²) in [5.74, 6) is -1.59. The number of rotatable bonds is 6. The minimum atomic E-state index is -1.59. The van der Waals surface area contributed by atoms with Crippen LogP contribution in [-0.4, -0.2) is 35.4 Å². The summed E-state index contributed by atoms with van der Waals surface area (Å²) in [5, 5.41) is 22.4. The molecule has 0 aliphatic carbocycles. The van der Waals surface area contributed by atoms with Crippen LogP contribution in [0.2, 0.25) is 0 Å². The van der Waals surface area contributed by atoms with Crippen molar-refractivity contribution < 1.29 is 24.5 Å². The zero-order chi connectivity index (χ0) is 15.1. The topological polar surface area (TPSA) is 125 Å². The largest absolute Gasteiger partial charge is 0.548 e. The Morgan fingerprint density at radius 2 is 2.00 bits per heavy atom. The average Bonchev–Trinajstić information content (AvgIpc) is 2.44. The van der Waals surface area contributed by atoms with E-state index in [4.69, 9.17) is 10.5 Å². The summed E-state index contributed by atoms with van der Waals surface area (Å²) in [6.45, 7) is 1.49. The molecule has 0 fully saturated rings. The van der Waals surface area contributed by atoms with E-state index in [1.807, 2.05) is 18.2 Å². The molecule has 0 saturated heterocycles. The number of ether oxygens (including phenoxy) is 1. The van der Waals surface area contributed by atoms with Crippen molar-refractivity contribution in [2.24, 2.45) is 5.73 Å². The zero-order valence-electron chi connectivity index (χ0n) is 11.0. The Labute approximate surface area is 116 Å². The smallest absolute Gasteiger partial charge is 0.407 e. The molecule has 0 aliphatic rings. The fourth-order valence-corrected chi connectivity index (χ4v) is 1.49. The summed E-state index contributed by atoms with van der Waals surface area (Å²) in [6.07, 6.45) is -2.24. The van der Waals surface area contributed by atoms with Gasteiger partial charge in [-0.2, -0.15) is 0 Å². The van der Waals surface area contributed by atoms with Crippen molar-refractivity contribution in [1.82, 2.24) is 5.32 Å². The third-order valence-corrected chi connectivity index (χ3v) is 2.71. The number of nitrogens with one attached hydrogen (secondary N) is 1. The monoisotopic (exact) mass is 281 g/mol. The standard InChI is InChI=1S/C13H18N2O5/c1-8(11(16)10(14)12(17)18)15-13(19)20-7-9-5-3-2-4-6-9/h2-6,8,10-11,16H,7,14H2,1H3,(H,15,19)(H,17,18)/p-1/t8-,10+,11+/m0/s1. The van der Waals surface area contributed by atoms with Crippen LogP contribution >= 0.6 is 0 Å². The van der Waals surface area contributed by atoms with Crippen LogP contribution in [0.1, 0.15) is 12.5 Å². The number of carboxylic acids is 1. The third-order valence-electron chi connectivity index (χ3n) is 2.71. The predicted molar refractivity (Wildman–Crippen MR) is 68.2 cm³/mol. The number of aliphatic hydroxyl groups is 1. The van der Waals surface area contributed by atoms with Crippen molar-refractivity contribution >= 4 is 12.1 Å². The maximum Gasteiger partial charge on any atom is 0.407 e. The average molecular weight is 281 g/mol. The van der Waals surface area contributed by atoms with E-state index in [0.29, 0.717) is 0 Å². The van der Waals surface area contributed by atoms with Gasteiger partial charge < -0.3 is 30.8 Å². The molecule has 0 spiro atoms. The second kappa shape index (κ2) is 7.46. The first-order chi connectivity index (χ1) is 9.41. The van der Waals surface area contributed by atoms with Crippen molar-refractivity contribution in [2.75, 3.05) is 0 Å². The molecule has 0 saturated carbocycles. The van der Waals surface area contributed by atoms with Crippen LogP contribution in [0, 0.1) is 0 Å². The van der Waals surface area contributed by atoms with Gasteiger partial charge in [-0.05, 0) is 12.5 Å². The molecule has 1 rings (SSSR count). The molecule has 1 aromatic rings. The van der Waals surface area contributed by atoms with E-state index < -0.39 is 30.3 Å². The molecule has 20 heavy (non-hydrogen) atoms. The Hall–Kier alpha value is -2.12. The maximum absolute atomic E-state index is 11.5. The number of carbonyl (C=O) groups excluding carboxylic acids is 2. The molecule has 1 aromatic carbocycles. The molecule has 7 heteroatoms. The molecule has 7 nitrogen and oxygen atoms in total. The molecular weight excluding hydrogens is 264 g/mol. The minimum Gasteiger partial charge on any atom is -0.548 e. The Morgan fingerprint density at radius 3 is 2.55 bits per heavy atom. The highest BCUT2D eigenvalue weighted by Crippen LogP contribution is 2.02. The van der Waals surface area contributed by atoms with Crippen LogP contribution in [-0.2, 0) is 16.1 Å². The van der Waals surface area contributed by atoms with Crippen molar-refractivity contribution in [2.45, 2.75) is 31.7 Å². The molecule has 4 N–H and O–H groups in total. The lowest BCUT2D eigenvalue weighted by atomic mass is 10.1. The highest BCUT2D eigenvalue weighted by Gasteiger charge is 2.24. The molecule has 0 radical (unpaired) electrons. The van der Waals surface area contributed by atoms with Crippen molar-refractivity contribution in [3.05, 3.63) is 35.9 Å². The Bertz CT molecular complexity index is 451. The van der Waals surface area contributed by atoms with E-state index in [9.17, 15) is 19.8 Å². The van der Waals surface area contributed by atoms with Crippen LogP contribution in [0.15, 0.2) is 30.3 Å². The normalized spacial score (nSPS) is 14.9. The maximum atomic E-state index is 11.5. The first-order valence-electron chi connectivity index (χ1n) is 6.03. The van der Waals surface area contributed by atoms with E-state index in [0.717, 1.165) is 5.56 Å². The molecule has 3 atom stereocenters. The molecule has 110 valence electrons. The molecular formula is C13H17N2O5-. The summed E-state index contributed by atoms with van der Waals surface area (Å²) >= 11 is 0. The van der Waals surface area contributed by atoms with Gasteiger partial charge in [-0.15, -0.1) is 0 Å². The zero-order valence-corrected chi connectivity index (χ0v) is 11.0. The lowest BCUT2D eigenvalue weighted by molar-refractivity contribution is -0.309. The lowest BCUT2D eigenvalue weighted by Crippen LogP contribution is -2.56. The van der Waals surface area contributed by atoms with E-state index in [1.54, 1.807) is 12.1 Å². The highest BCUT2D eigenvalue weighted by atomic mass is 16.5. The summed E-state index contributed by atoms with van der Waals surface area (Å²) in [5.41, 5.74) is 6.01. The van der Waals surface area contributed by atoms with Crippen molar-refractivity contribution in [3.63, 3.8) is 0 Å². The van der Waals surface area contributed by atoms with Crippen LogP contribution in [0.3, 0.4) is 0 Å². The number of hydrogen-bond donors (Lipinski definition) is 3. The minimum absolute atomic E-state index is 0.0715. The number of carbonyl (C=O) groups is 2. The van der Waals surface area contributed by atoms with E-state index >= 15 is 0 Å². The molecule has 0 aromatic heterocycles. The number of alkyl carbamates (subject to hydrolysis) is 1. The Kier molecular flexibility index (Phi) is 5.95. The second-order valence-electron chi connectivity index (χ2n) is 4.33. The van der Waals surface area contributed by atoms with Crippen LogP contribution in [0.4, 0.5) is 4.79 Å². The number of nitrogens with two attached hydrogens (primary N) is 1. The number of benzene rings is 1.